The summed E-state index contributed by atoms with van der Waals surface area (Å²) in [7, 11) is 1.90. The van der Waals surface area contributed by atoms with Crippen LogP contribution in [0.3, 0.4) is 0 Å². The molecule has 0 unspecified atom stereocenters. The molecular weight excluding hydrogens is 245 g/mol. The summed E-state index contributed by atoms with van der Waals surface area (Å²) >= 11 is 1.72. The highest BCUT2D eigenvalue weighted by atomic mass is 32.2. The van der Waals surface area contributed by atoms with Gasteiger partial charge in [-0.15, -0.1) is 11.8 Å². The van der Waals surface area contributed by atoms with E-state index in [9.17, 15) is 4.39 Å². The van der Waals surface area contributed by atoms with E-state index in [1.54, 1.807) is 17.8 Å². The fourth-order valence-corrected chi connectivity index (χ4v) is 3.66. The summed E-state index contributed by atoms with van der Waals surface area (Å²) in [5.74, 6) is -0.0647. The minimum atomic E-state index is -0.0647. The maximum Gasteiger partial charge on any atom is 0.137 e. The van der Waals surface area contributed by atoms with E-state index in [1.807, 2.05) is 26.1 Å². The lowest BCUT2D eigenvalue weighted by Crippen LogP contribution is -2.12. The summed E-state index contributed by atoms with van der Waals surface area (Å²) in [6.07, 6.45) is 6.41. The second kappa shape index (κ2) is 6.58. The molecule has 0 bridgehead atoms. The Hall–Kier alpha value is -0.540. The van der Waals surface area contributed by atoms with Gasteiger partial charge in [-0.1, -0.05) is 25.3 Å². The third-order valence-corrected chi connectivity index (χ3v) is 5.12. The maximum atomic E-state index is 14.1. The fraction of sp³-hybridized carbons (Fsp3) is 0.600. The molecule has 1 aliphatic rings. The Balaban J connectivity index is 2.04. The molecule has 0 heterocycles. The average molecular weight is 267 g/mol. The fourth-order valence-electron chi connectivity index (χ4n) is 2.41. The molecule has 1 N–H and O–H groups in total. The summed E-state index contributed by atoms with van der Waals surface area (Å²) in [4.78, 5) is 0.814. The van der Waals surface area contributed by atoms with Gasteiger partial charge in [0.15, 0.2) is 0 Å². The van der Waals surface area contributed by atoms with Crippen molar-refractivity contribution in [3.05, 3.63) is 29.6 Å². The van der Waals surface area contributed by atoms with Crippen LogP contribution in [0.15, 0.2) is 23.1 Å². The highest BCUT2D eigenvalue weighted by Gasteiger charge is 2.17. The second-order valence-electron chi connectivity index (χ2n) is 5.08. The Morgan fingerprint density at radius 1 is 1.28 bits per heavy atom. The predicted molar refractivity (Wildman–Crippen MR) is 76.6 cm³/mol. The zero-order valence-electron chi connectivity index (χ0n) is 11.2. The Morgan fingerprint density at radius 2 is 2.00 bits per heavy atom. The largest absolute Gasteiger partial charge is 0.313 e. The quantitative estimate of drug-likeness (QED) is 0.860. The van der Waals surface area contributed by atoms with Crippen molar-refractivity contribution in [3.8, 4) is 0 Å². The van der Waals surface area contributed by atoms with Crippen LogP contribution in [-0.2, 0) is 0 Å². The van der Waals surface area contributed by atoms with Gasteiger partial charge in [-0.05, 0) is 44.5 Å². The Morgan fingerprint density at radius 3 is 2.61 bits per heavy atom. The molecule has 1 aliphatic carbocycles. The molecule has 0 saturated heterocycles. The first-order valence-electron chi connectivity index (χ1n) is 6.84. The van der Waals surface area contributed by atoms with Crippen molar-refractivity contribution in [3.63, 3.8) is 0 Å². The maximum absolute atomic E-state index is 14.1. The van der Waals surface area contributed by atoms with E-state index in [-0.39, 0.29) is 11.9 Å². The molecule has 18 heavy (non-hydrogen) atoms. The molecule has 1 saturated carbocycles. The lowest BCUT2D eigenvalue weighted by molar-refractivity contribution is 0.514. The molecule has 0 spiro atoms. The molecule has 2 rings (SSSR count). The summed E-state index contributed by atoms with van der Waals surface area (Å²) in [5, 5.41) is 3.75. The van der Waals surface area contributed by atoms with Gasteiger partial charge in [-0.25, -0.2) is 4.39 Å². The van der Waals surface area contributed by atoms with Crippen LogP contribution in [0.1, 0.15) is 50.6 Å². The standard InChI is InChI=1S/C15H22FNS/c1-11(17-2)12-8-9-15(14(16)10-12)18-13-6-4-3-5-7-13/h8-11,13,17H,3-7H2,1-2H3/t11-/m0/s1. The van der Waals surface area contributed by atoms with Gasteiger partial charge in [0.1, 0.15) is 5.82 Å². The third kappa shape index (κ3) is 3.48. The number of hydrogen-bond acceptors (Lipinski definition) is 2. The molecule has 0 amide bonds. The van der Waals surface area contributed by atoms with E-state index >= 15 is 0 Å². The van der Waals surface area contributed by atoms with Gasteiger partial charge in [0, 0.05) is 16.2 Å². The lowest BCUT2D eigenvalue weighted by Gasteiger charge is -2.21. The van der Waals surface area contributed by atoms with Crippen molar-refractivity contribution in [1.29, 1.82) is 0 Å². The van der Waals surface area contributed by atoms with Crippen LogP contribution < -0.4 is 5.32 Å². The van der Waals surface area contributed by atoms with Crippen molar-refractivity contribution in [2.75, 3.05) is 7.05 Å². The van der Waals surface area contributed by atoms with E-state index < -0.39 is 0 Å². The number of benzene rings is 1. The number of thioether (sulfide) groups is 1. The number of hydrogen-bond donors (Lipinski definition) is 1. The van der Waals surface area contributed by atoms with Crippen LogP contribution in [0, 0.1) is 5.82 Å². The molecule has 1 aromatic carbocycles. The minimum absolute atomic E-state index is 0.0647. The smallest absolute Gasteiger partial charge is 0.137 e. The number of nitrogens with one attached hydrogen (secondary N) is 1. The van der Waals surface area contributed by atoms with Gasteiger partial charge in [0.2, 0.25) is 0 Å². The average Bonchev–Trinajstić information content (AvgIpc) is 2.41. The second-order valence-corrected chi connectivity index (χ2v) is 6.42. The van der Waals surface area contributed by atoms with Gasteiger partial charge in [0.25, 0.3) is 0 Å². The van der Waals surface area contributed by atoms with Crippen LogP contribution in [-0.4, -0.2) is 12.3 Å². The van der Waals surface area contributed by atoms with E-state index in [0.717, 1.165) is 10.5 Å². The molecule has 0 aromatic heterocycles. The lowest BCUT2D eigenvalue weighted by atomic mass is 10.0. The van der Waals surface area contributed by atoms with Crippen molar-refractivity contribution < 1.29 is 4.39 Å². The Labute approximate surface area is 114 Å². The van der Waals surface area contributed by atoms with Crippen LogP contribution in [0.5, 0.6) is 0 Å². The number of halogens is 1. The third-order valence-electron chi connectivity index (χ3n) is 3.73. The molecule has 0 aliphatic heterocycles. The highest BCUT2D eigenvalue weighted by Crippen LogP contribution is 2.35. The molecule has 1 nitrogen and oxygen atoms in total. The SMILES string of the molecule is CN[C@@H](C)c1ccc(SC2CCCCC2)c(F)c1. The Bertz CT molecular complexity index is 388. The summed E-state index contributed by atoms with van der Waals surface area (Å²) in [6, 6.07) is 5.85. The molecular formula is C15H22FNS. The van der Waals surface area contributed by atoms with Crippen LogP contribution in [0.25, 0.3) is 0 Å². The van der Waals surface area contributed by atoms with Gasteiger partial charge < -0.3 is 5.32 Å². The summed E-state index contributed by atoms with van der Waals surface area (Å²) in [5.41, 5.74) is 1.02. The van der Waals surface area contributed by atoms with Crippen molar-refractivity contribution >= 4 is 11.8 Å². The van der Waals surface area contributed by atoms with Gasteiger partial charge >= 0.3 is 0 Å². The van der Waals surface area contributed by atoms with Gasteiger partial charge in [0.05, 0.1) is 0 Å². The molecule has 1 atom stereocenters. The van der Waals surface area contributed by atoms with Crippen LogP contribution in [0.4, 0.5) is 4.39 Å². The summed E-state index contributed by atoms with van der Waals surface area (Å²) < 4.78 is 14.1. The normalized spacial score (nSPS) is 18.8. The van der Waals surface area contributed by atoms with Gasteiger partial charge in [-0.3, -0.25) is 0 Å². The van der Waals surface area contributed by atoms with E-state index in [0.29, 0.717) is 5.25 Å². The Kier molecular flexibility index (Phi) is 5.07. The molecule has 100 valence electrons. The topological polar surface area (TPSA) is 12.0 Å². The first-order valence-corrected chi connectivity index (χ1v) is 7.72. The van der Waals surface area contributed by atoms with E-state index in [1.165, 1.54) is 32.1 Å². The van der Waals surface area contributed by atoms with Crippen molar-refractivity contribution in [2.45, 2.75) is 55.2 Å². The van der Waals surface area contributed by atoms with E-state index in [2.05, 4.69) is 5.32 Å². The molecule has 3 heteroatoms. The van der Waals surface area contributed by atoms with Crippen molar-refractivity contribution in [2.24, 2.45) is 0 Å². The zero-order valence-corrected chi connectivity index (χ0v) is 12.0. The van der Waals surface area contributed by atoms with Crippen LogP contribution in [0.2, 0.25) is 0 Å². The first-order chi connectivity index (χ1) is 8.70. The van der Waals surface area contributed by atoms with E-state index in [4.69, 9.17) is 0 Å². The minimum Gasteiger partial charge on any atom is -0.313 e. The molecule has 1 aromatic rings. The molecule has 0 radical (unpaired) electrons. The van der Waals surface area contributed by atoms with Crippen molar-refractivity contribution in [1.82, 2.24) is 5.32 Å². The first kappa shape index (κ1) is 13.9. The predicted octanol–water partition coefficient (Wildman–Crippen LogP) is 4.53. The van der Waals surface area contributed by atoms with Gasteiger partial charge in [-0.2, -0.15) is 0 Å². The highest BCUT2D eigenvalue weighted by molar-refractivity contribution is 8.00. The van der Waals surface area contributed by atoms with Crippen LogP contribution >= 0.6 is 11.8 Å². The number of rotatable bonds is 4. The monoisotopic (exact) mass is 267 g/mol. The zero-order chi connectivity index (χ0) is 13.0. The molecule has 1 fully saturated rings. The summed E-state index contributed by atoms with van der Waals surface area (Å²) in [6.45, 7) is 2.04.